The zero-order valence-corrected chi connectivity index (χ0v) is 21.9. The van der Waals surface area contributed by atoms with Crippen molar-refractivity contribution < 1.29 is 4.79 Å². The number of aryl methyl sites for hydroxylation is 1. The predicted octanol–water partition coefficient (Wildman–Crippen LogP) is 4.32. The first-order valence-electron chi connectivity index (χ1n) is 13.5. The van der Waals surface area contributed by atoms with Crippen LogP contribution in [0.25, 0.3) is 22.2 Å². The molecule has 192 valence electrons. The number of nitrogens with one attached hydrogen (secondary N) is 1. The highest BCUT2D eigenvalue weighted by atomic mass is 16.1. The van der Waals surface area contributed by atoms with Crippen molar-refractivity contribution in [1.29, 1.82) is 0 Å². The van der Waals surface area contributed by atoms with Crippen LogP contribution in [0.3, 0.4) is 0 Å². The molecule has 3 aromatic heterocycles. The summed E-state index contributed by atoms with van der Waals surface area (Å²) in [7, 11) is 2.01. The zero-order chi connectivity index (χ0) is 25.1. The SMILES string of the molecule is CC(C)CN1CCC(C(=O)Nc2cc3nc(-c4cnn(C)c4CN4CCCCC4)ccc3cn2)CC1. The van der Waals surface area contributed by atoms with E-state index in [4.69, 9.17) is 4.98 Å². The summed E-state index contributed by atoms with van der Waals surface area (Å²) in [4.78, 5) is 27.4. The average Bonchev–Trinajstić information content (AvgIpc) is 3.24. The van der Waals surface area contributed by atoms with E-state index in [1.807, 2.05) is 30.1 Å². The number of fused-ring (bicyclic) bond motifs is 1. The van der Waals surface area contributed by atoms with Crippen LogP contribution in [-0.4, -0.2) is 68.2 Å². The fourth-order valence-electron chi connectivity index (χ4n) is 5.55. The van der Waals surface area contributed by atoms with Crippen LogP contribution in [0.4, 0.5) is 5.82 Å². The highest BCUT2D eigenvalue weighted by molar-refractivity contribution is 5.93. The Hall–Kier alpha value is -2.84. The largest absolute Gasteiger partial charge is 0.310 e. The van der Waals surface area contributed by atoms with Gasteiger partial charge in [0.2, 0.25) is 5.91 Å². The minimum atomic E-state index is 0.0398. The number of piperidine rings is 2. The predicted molar refractivity (Wildman–Crippen MR) is 143 cm³/mol. The molecule has 0 unspecified atom stereocenters. The van der Waals surface area contributed by atoms with E-state index in [0.29, 0.717) is 11.7 Å². The van der Waals surface area contributed by atoms with Gasteiger partial charge in [0.1, 0.15) is 5.82 Å². The lowest BCUT2D eigenvalue weighted by Gasteiger charge is -2.32. The Balaban J connectivity index is 1.30. The van der Waals surface area contributed by atoms with Crippen LogP contribution in [0.5, 0.6) is 0 Å². The zero-order valence-electron chi connectivity index (χ0n) is 21.9. The average molecular weight is 490 g/mol. The lowest BCUT2D eigenvalue weighted by molar-refractivity contribution is -0.121. The van der Waals surface area contributed by atoms with Gasteiger partial charge in [0, 0.05) is 49.3 Å². The molecule has 2 fully saturated rings. The maximum absolute atomic E-state index is 13.0. The van der Waals surface area contributed by atoms with Gasteiger partial charge in [-0.2, -0.15) is 5.10 Å². The number of likely N-dealkylation sites (tertiary alicyclic amines) is 2. The van der Waals surface area contributed by atoms with Crippen LogP contribution in [0.15, 0.2) is 30.6 Å². The van der Waals surface area contributed by atoms with Crippen LogP contribution in [0.1, 0.15) is 51.6 Å². The Labute approximate surface area is 214 Å². The van der Waals surface area contributed by atoms with E-state index in [-0.39, 0.29) is 11.8 Å². The van der Waals surface area contributed by atoms with Crippen LogP contribution < -0.4 is 5.32 Å². The Bertz CT molecular complexity index is 1190. The van der Waals surface area contributed by atoms with E-state index >= 15 is 0 Å². The first kappa shape index (κ1) is 24.8. The summed E-state index contributed by atoms with van der Waals surface area (Å²) >= 11 is 0. The van der Waals surface area contributed by atoms with Crippen molar-refractivity contribution >= 4 is 22.6 Å². The number of carbonyl (C=O) groups is 1. The lowest BCUT2D eigenvalue weighted by Crippen LogP contribution is -2.39. The molecule has 5 rings (SSSR count). The maximum atomic E-state index is 13.0. The van der Waals surface area contributed by atoms with Gasteiger partial charge in [-0.05, 0) is 69.9 Å². The molecule has 2 saturated heterocycles. The van der Waals surface area contributed by atoms with E-state index < -0.39 is 0 Å². The molecule has 0 spiro atoms. The summed E-state index contributed by atoms with van der Waals surface area (Å²) in [6.07, 6.45) is 9.36. The number of hydrogen-bond acceptors (Lipinski definition) is 6. The fraction of sp³-hybridized carbons (Fsp3) is 0.571. The number of nitrogens with zero attached hydrogens (tertiary/aromatic N) is 6. The maximum Gasteiger partial charge on any atom is 0.228 e. The topological polar surface area (TPSA) is 79.2 Å². The highest BCUT2D eigenvalue weighted by Crippen LogP contribution is 2.27. The molecule has 0 aliphatic carbocycles. The second-order valence-corrected chi connectivity index (χ2v) is 10.9. The minimum Gasteiger partial charge on any atom is -0.310 e. The van der Waals surface area contributed by atoms with Gasteiger partial charge in [-0.25, -0.2) is 9.97 Å². The van der Waals surface area contributed by atoms with Crippen LogP contribution in [-0.2, 0) is 18.4 Å². The van der Waals surface area contributed by atoms with Crippen molar-refractivity contribution in [2.45, 2.75) is 52.5 Å². The molecule has 0 saturated carbocycles. The molecular weight excluding hydrogens is 450 g/mol. The van der Waals surface area contributed by atoms with Gasteiger partial charge in [-0.3, -0.25) is 14.4 Å². The molecule has 0 bridgehead atoms. The summed E-state index contributed by atoms with van der Waals surface area (Å²) in [6.45, 7) is 10.7. The summed E-state index contributed by atoms with van der Waals surface area (Å²) in [5, 5.41) is 8.56. The quantitative estimate of drug-likeness (QED) is 0.532. The van der Waals surface area contributed by atoms with Crippen molar-refractivity contribution in [2.75, 3.05) is 38.0 Å². The number of pyridine rings is 2. The molecule has 1 N–H and O–H groups in total. The Morgan fingerprint density at radius 3 is 2.58 bits per heavy atom. The third kappa shape index (κ3) is 5.76. The number of carbonyl (C=O) groups excluding carboxylic acids is 1. The van der Waals surface area contributed by atoms with Gasteiger partial charge in [0.25, 0.3) is 0 Å². The highest BCUT2D eigenvalue weighted by Gasteiger charge is 2.25. The number of rotatable bonds is 7. The summed E-state index contributed by atoms with van der Waals surface area (Å²) in [5.74, 6) is 1.33. The van der Waals surface area contributed by atoms with Gasteiger partial charge < -0.3 is 10.2 Å². The van der Waals surface area contributed by atoms with Gasteiger partial charge in [-0.15, -0.1) is 0 Å². The number of hydrogen-bond donors (Lipinski definition) is 1. The third-order valence-electron chi connectivity index (χ3n) is 7.57. The van der Waals surface area contributed by atoms with Gasteiger partial charge in [0.15, 0.2) is 0 Å². The molecule has 5 heterocycles. The van der Waals surface area contributed by atoms with Gasteiger partial charge >= 0.3 is 0 Å². The lowest BCUT2D eigenvalue weighted by atomic mass is 9.95. The molecule has 8 heteroatoms. The second-order valence-electron chi connectivity index (χ2n) is 10.9. The first-order valence-corrected chi connectivity index (χ1v) is 13.5. The van der Waals surface area contributed by atoms with Crippen LogP contribution >= 0.6 is 0 Å². The molecule has 2 aliphatic heterocycles. The van der Waals surface area contributed by atoms with Crippen LogP contribution in [0.2, 0.25) is 0 Å². The standard InChI is InChI=1S/C28H39N7O/c1-20(2)18-35-13-9-21(10-14-35)28(36)32-27-15-25-22(16-29-27)7-8-24(31-25)23-17-30-33(3)26(23)19-34-11-5-4-6-12-34/h7-8,15-17,20-21H,4-6,9-14,18-19H2,1-3H3,(H,29,32,36). The van der Waals surface area contributed by atoms with Crippen LogP contribution in [0, 0.1) is 11.8 Å². The molecule has 36 heavy (non-hydrogen) atoms. The van der Waals surface area contributed by atoms with Crippen molar-refractivity contribution in [3.63, 3.8) is 0 Å². The van der Waals surface area contributed by atoms with E-state index in [1.54, 1.807) is 6.20 Å². The number of amides is 1. The Morgan fingerprint density at radius 1 is 1.06 bits per heavy atom. The molecular formula is C28H39N7O. The van der Waals surface area contributed by atoms with Crippen molar-refractivity contribution in [1.82, 2.24) is 29.5 Å². The normalized spacial score (nSPS) is 18.2. The molecule has 8 nitrogen and oxygen atoms in total. The Kier molecular flexibility index (Phi) is 7.62. The number of anilines is 1. The molecule has 0 aromatic carbocycles. The van der Waals surface area contributed by atoms with E-state index in [0.717, 1.165) is 74.3 Å². The van der Waals surface area contributed by atoms with Gasteiger partial charge in [-0.1, -0.05) is 20.3 Å². The molecule has 2 aliphatic rings. The monoisotopic (exact) mass is 489 g/mol. The third-order valence-corrected chi connectivity index (χ3v) is 7.57. The Morgan fingerprint density at radius 2 is 1.83 bits per heavy atom. The summed E-state index contributed by atoms with van der Waals surface area (Å²) in [5.41, 5.74) is 4.00. The van der Waals surface area contributed by atoms with E-state index in [9.17, 15) is 4.79 Å². The number of aromatic nitrogens is 4. The van der Waals surface area contributed by atoms with Crippen molar-refractivity contribution in [3.8, 4) is 11.3 Å². The fourth-order valence-corrected chi connectivity index (χ4v) is 5.55. The summed E-state index contributed by atoms with van der Waals surface area (Å²) in [6, 6.07) is 5.99. The first-order chi connectivity index (χ1) is 17.5. The summed E-state index contributed by atoms with van der Waals surface area (Å²) < 4.78 is 1.97. The van der Waals surface area contributed by atoms with E-state index in [1.165, 1.54) is 25.0 Å². The molecule has 3 aromatic rings. The van der Waals surface area contributed by atoms with Gasteiger partial charge in [0.05, 0.1) is 23.1 Å². The molecule has 0 radical (unpaired) electrons. The molecule has 0 atom stereocenters. The molecule has 1 amide bonds. The van der Waals surface area contributed by atoms with Crippen molar-refractivity contribution in [3.05, 3.63) is 36.3 Å². The smallest absolute Gasteiger partial charge is 0.228 e. The second kappa shape index (κ2) is 11.0. The van der Waals surface area contributed by atoms with E-state index in [2.05, 4.69) is 45.1 Å². The minimum absolute atomic E-state index is 0.0398. The van der Waals surface area contributed by atoms with Crippen molar-refractivity contribution in [2.24, 2.45) is 18.9 Å².